The largest absolute Gasteiger partial charge is 0.369 e. The molecule has 2 rings (SSSR count). The first-order valence-corrected chi connectivity index (χ1v) is 8.53. The lowest BCUT2D eigenvalue weighted by atomic mass is 10.1. The molecule has 21 heavy (non-hydrogen) atoms. The molecule has 1 heterocycles. The molecule has 1 aromatic rings. The number of hydrogen-bond donors (Lipinski definition) is 1. The summed E-state index contributed by atoms with van der Waals surface area (Å²) in [5, 5.41) is 0. The SMILES string of the molecule is Cc1cccc(N2CCN(CCCCCCCN)CC2)c1. The van der Waals surface area contributed by atoms with Gasteiger partial charge in [-0.25, -0.2) is 0 Å². The highest BCUT2D eigenvalue weighted by Crippen LogP contribution is 2.18. The molecule has 0 saturated carbocycles. The minimum Gasteiger partial charge on any atom is -0.369 e. The molecule has 1 aromatic carbocycles. The van der Waals surface area contributed by atoms with Gasteiger partial charge in [-0.05, 0) is 50.6 Å². The van der Waals surface area contributed by atoms with E-state index >= 15 is 0 Å². The molecule has 1 fully saturated rings. The third-order valence-corrected chi connectivity index (χ3v) is 4.42. The van der Waals surface area contributed by atoms with Crippen LogP contribution in [0.1, 0.15) is 37.7 Å². The number of benzene rings is 1. The Bertz CT molecular complexity index is 397. The number of hydrogen-bond acceptors (Lipinski definition) is 3. The van der Waals surface area contributed by atoms with Gasteiger partial charge in [-0.2, -0.15) is 0 Å². The summed E-state index contributed by atoms with van der Waals surface area (Å²) in [5.74, 6) is 0. The van der Waals surface area contributed by atoms with Crippen molar-refractivity contribution in [2.75, 3.05) is 44.2 Å². The van der Waals surface area contributed by atoms with E-state index in [2.05, 4.69) is 41.0 Å². The van der Waals surface area contributed by atoms with Crippen LogP contribution in [0.25, 0.3) is 0 Å². The Kier molecular flexibility index (Phi) is 7.04. The van der Waals surface area contributed by atoms with E-state index in [9.17, 15) is 0 Å². The van der Waals surface area contributed by atoms with E-state index in [0.717, 1.165) is 19.6 Å². The zero-order valence-electron chi connectivity index (χ0n) is 13.6. The van der Waals surface area contributed by atoms with Crippen molar-refractivity contribution >= 4 is 5.69 Å². The second-order valence-electron chi connectivity index (χ2n) is 6.22. The smallest absolute Gasteiger partial charge is 0.0369 e. The molecule has 118 valence electrons. The van der Waals surface area contributed by atoms with Gasteiger partial charge in [0, 0.05) is 31.9 Å². The standard InChI is InChI=1S/C18H31N3/c1-17-8-7-9-18(16-17)21-14-12-20(13-15-21)11-6-4-2-3-5-10-19/h7-9,16H,2-6,10-15,19H2,1H3. The summed E-state index contributed by atoms with van der Waals surface area (Å²) in [6.07, 6.45) is 6.54. The number of rotatable bonds is 8. The van der Waals surface area contributed by atoms with Crippen LogP contribution in [0.2, 0.25) is 0 Å². The summed E-state index contributed by atoms with van der Waals surface area (Å²) in [6, 6.07) is 8.87. The Morgan fingerprint density at radius 2 is 1.67 bits per heavy atom. The fourth-order valence-electron chi connectivity index (χ4n) is 3.06. The van der Waals surface area contributed by atoms with E-state index in [-0.39, 0.29) is 0 Å². The van der Waals surface area contributed by atoms with Crippen LogP contribution in [0.4, 0.5) is 5.69 Å². The third-order valence-electron chi connectivity index (χ3n) is 4.42. The lowest BCUT2D eigenvalue weighted by Crippen LogP contribution is -2.46. The van der Waals surface area contributed by atoms with Crippen molar-refractivity contribution < 1.29 is 0 Å². The zero-order chi connectivity index (χ0) is 14.9. The molecule has 1 saturated heterocycles. The first kappa shape index (κ1) is 16.3. The summed E-state index contributed by atoms with van der Waals surface area (Å²) >= 11 is 0. The maximum atomic E-state index is 5.52. The number of unbranched alkanes of at least 4 members (excludes halogenated alkanes) is 4. The van der Waals surface area contributed by atoms with E-state index in [4.69, 9.17) is 5.73 Å². The lowest BCUT2D eigenvalue weighted by molar-refractivity contribution is 0.252. The van der Waals surface area contributed by atoms with Gasteiger partial charge in [-0.3, -0.25) is 4.90 Å². The Labute approximate surface area is 130 Å². The van der Waals surface area contributed by atoms with E-state index in [1.807, 2.05) is 0 Å². The van der Waals surface area contributed by atoms with Gasteiger partial charge in [0.05, 0.1) is 0 Å². The summed E-state index contributed by atoms with van der Waals surface area (Å²) in [6.45, 7) is 9.02. The quantitative estimate of drug-likeness (QED) is 0.747. The molecule has 3 heteroatoms. The van der Waals surface area contributed by atoms with Crippen molar-refractivity contribution in [1.29, 1.82) is 0 Å². The van der Waals surface area contributed by atoms with Crippen LogP contribution >= 0.6 is 0 Å². The van der Waals surface area contributed by atoms with Gasteiger partial charge in [0.2, 0.25) is 0 Å². The van der Waals surface area contributed by atoms with Gasteiger partial charge in [-0.1, -0.05) is 31.4 Å². The molecule has 1 aliphatic rings. The van der Waals surface area contributed by atoms with Crippen LogP contribution in [0.3, 0.4) is 0 Å². The first-order valence-electron chi connectivity index (χ1n) is 8.53. The first-order chi connectivity index (χ1) is 10.3. The monoisotopic (exact) mass is 289 g/mol. The van der Waals surface area contributed by atoms with Gasteiger partial charge in [0.25, 0.3) is 0 Å². The van der Waals surface area contributed by atoms with Gasteiger partial charge in [-0.15, -0.1) is 0 Å². The van der Waals surface area contributed by atoms with Crippen molar-refractivity contribution in [3.63, 3.8) is 0 Å². The average molecular weight is 289 g/mol. The molecule has 3 nitrogen and oxygen atoms in total. The molecule has 0 bridgehead atoms. The zero-order valence-corrected chi connectivity index (χ0v) is 13.6. The van der Waals surface area contributed by atoms with E-state index in [0.29, 0.717) is 0 Å². The maximum absolute atomic E-state index is 5.52. The highest BCUT2D eigenvalue weighted by Gasteiger charge is 2.16. The number of nitrogens with two attached hydrogens (primary N) is 1. The highest BCUT2D eigenvalue weighted by molar-refractivity contribution is 5.48. The van der Waals surface area contributed by atoms with E-state index < -0.39 is 0 Å². The second-order valence-corrected chi connectivity index (χ2v) is 6.22. The third kappa shape index (κ3) is 5.68. The van der Waals surface area contributed by atoms with Gasteiger partial charge in [0.15, 0.2) is 0 Å². The summed E-state index contributed by atoms with van der Waals surface area (Å²) in [4.78, 5) is 5.14. The van der Waals surface area contributed by atoms with Crippen molar-refractivity contribution in [1.82, 2.24) is 4.90 Å². The molecule has 1 aliphatic heterocycles. The van der Waals surface area contributed by atoms with Gasteiger partial charge < -0.3 is 10.6 Å². The topological polar surface area (TPSA) is 32.5 Å². The van der Waals surface area contributed by atoms with Crippen LogP contribution in [0.5, 0.6) is 0 Å². The number of piperazine rings is 1. The minimum atomic E-state index is 0.848. The second kappa shape index (κ2) is 9.06. The van der Waals surface area contributed by atoms with Crippen LogP contribution in [-0.2, 0) is 0 Å². The molecular formula is C18H31N3. The predicted molar refractivity (Wildman–Crippen MR) is 92.0 cm³/mol. The molecule has 0 amide bonds. The molecule has 0 aromatic heterocycles. The summed E-state index contributed by atoms with van der Waals surface area (Å²) in [5.41, 5.74) is 8.26. The molecule has 0 radical (unpaired) electrons. The number of aryl methyl sites for hydroxylation is 1. The average Bonchev–Trinajstić information content (AvgIpc) is 2.51. The van der Waals surface area contributed by atoms with Crippen molar-refractivity contribution in [2.45, 2.75) is 39.0 Å². The van der Waals surface area contributed by atoms with E-state index in [1.165, 1.54) is 63.0 Å². The Hall–Kier alpha value is -1.06. The van der Waals surface area contributed by atoms with Crippen molar-refractivity contribution in [3.05, 3.63) is 29.8 Å². The minimum absolute atomic E-state index is 0.848. The molecule has 0 unspecified atom stereocenters. The highest BCUT2D eigenvalue weighted by atomic mass is 15.3. The Morgan fingerprint density at radius 1 is 0.952 bits per heavy atom. The van der Waals surface area contributed by atoms with Crippen molar-refractivity contribution in [2.24, 2.45) is 5.73 Å². The lowest BCUT2D eigenvalue weighted by Gasteiger charge is -2.36. The fourth-order valence-corrected chi connectivity index (χ4v) is 3.06. The van der Waals surface area contributed by atoms with Crippen LogP contribution in [-0.4, -0.2) is 44.2 Å². The maximum Gasteiger partial charge on any atom is 0.0369 e. The molecular weight excluding hydrogens is 258 g/mol. The summed E-state index contributed by atoms with van der Waals surface area (Å²) in [7, 11) is 0. The normalized spacial score (nSPS) is 16.4. The molecule has 0 aliphatic carbocycles. The van der Waals surface area contributed by atoms with E-state index in [1.54, 1.807) is 0 Å². The van der Waals surface area contributed by atoms with Crippen LogP contribution in [0, 0.1) is 6.92 Å². The predicted octanol–water partition coefficient (Wildman–Crippen LogP) is 3.03. The number of nitrogens with zero attached hydrogens (tertiary/aromatic N) is 2. The van der Waals surface area contributed by atoms with Crippen LogP contribution < -0.4 is 10.6 Å². The van der Waals surface area contributed by atoms with Gasteiger partial charge in [0.1, 0.15) is 0 Å². The Morgan fingerprint density at radius 3 is 2.38 bits per heavy atom. The summed E-state index contributed by atoms with van der Waals surface area (Å²) < 4.78 is 0. The number of anilines is 1. The molecule has 0 spiro atoms. The van der Waals surface area contributed by atoms with Crippen LogP contribution in [0.15, 0.2) is 24.3 Å². The van der Waals surface area contributed by atoms with Gasteiger partial charge >= 0.3 is 0 Å². The molecule has 2 N–H and O–H groups in total. The fraction of sp³-hybridized carbons (Fsp3) is 0.667. The molecule has 0 atom stereocenters. The Balaban J connectivity index is 1.62. The van der Waals surface area contributed by atoms with Crippen molar-refractivity contribution in [3.8, 4) is 0 Å².